The average molecular weight is 853 g/mol. The molecule has 61 heavy (non-hydrogen) atoms. The number of allylic oxidation sites excluding steroid dienone is 10. The lowest BCUT2D eigenvalue weighted by Crippen LogP contribution is -2.30. The Morgan fingerprint density at radius 3 is 1.05 bits per heavy atom. The summed E-state index contributed by atoms with van der Waals surface area (Å²) < 4.78 is 16.8. The summed E-state index contributed by atoms with van der Waals surface area (Å²) in [7, 11) is 0. The first-order valence-corrected chi connectivity index (χ1v) is 25.8. The molecule has 0 amide bonds. The molecule has 0 radical (unpaired) electrons. The smallest absolute Gasteiger partial charge is 0.306 e. The van der Waals surface area contributed by atoms with Gasteiger partial charge in [-0.25, -0.2) is 0 Å². The number of esters is 3. The number of carbonyl (C=O) groups excluding carboxylic acids is 3. The van der Waals surface area contributed by atoms with Gasteiger partial charge in [-0.1, -0.05) is 191 Å². The highest BCUT2D eigenvalue weighted by Gasteiger charge is 2.19. The zero-order valence-corrected chi connectivity index (χ0v) is 40.2. The van der Waals surface area contributed by atoms with Crippen molar-refractivity contribution < 1.29 is 28.6 Å². The molecule has 1 unspecified atom stereocenters. The van der Waals surface area contributed by atoms with E-state index < -0.39 is 6.10 Å². The van der Waals surface area contributed by atoms with E-state index in [9.17, 15) is 14.4 Å². The molecule has 0 saturated carbocycles. The summed E-state index contributed by atoms with van der Waals surface area (Å²) in [5.41, 5.74) is 0. The molecule has 6 heteroatoms. The van der Waals surface area contributed by atoms with Crippen LogP contribution >= 0.6 is 0 Å². The third kappa shape index (κ3) is 48.0. The molecule has 6 nitrogen and oxygen atoms in total. The van der Waals surface area contributed by atoms with Gasteiger partial charge >= 0.3 is 17.9 Å². The van der Waals surface area contributed by atoms with Gasteiger partial charge in [0.15, 0.2) is 6.10 Å². The minimum Gasteiger partial charge on any atom is -0.462 e. The Bertz CT molecular complexity index is 1120. The van der Waals surface area contributed by atoms with E-state index in [0.717, 1.165) is 96.3 Å². The molecule has 0 aromatic rings. The molecular formula is C55H96O6. The van der Waals surface area contributed by atoms with E-state index in [0.29, 0.717) is 19.3 Å². The summed E-state index contributed by atoms with van der Waals surface area (Å²) in [4.78, 5) is 37.9. The first-order valence-electron chi connectivity index (χ1n) is 25.8. The quantitative estimate of drug-likeness (QED) is 0.0263. The molecule has 0 aromatic heterocycles. The maximum Gasteiger partial charge on any atom is 0.306 e. The number of carbonyl (C=O) groups is 3. The molecule has 0 fully saturated rings. The molecule has 0 saturated heterocycles. The lowest BCUT2D eigenvalue weighted by atomic mass is 10.1. The fourth-order valence-electron chi connectivity index (χ4n) is 7.09. The van der Waals surface area contributed by atoms with Crippen LogP contribution in [0.5, 0.6) is 0 Å². The SMILES string of the molecule is CC/C=C\C/C=C\C/C=C\CCCCCCC(=O)OC(COC(=O)CCCCCCC/C=C\CCCCC)COC(=O)CCCCCCCCC/C=C\CCCCCCCC. The normalized spacial score (nSPS) is 12.5. The number of hydrogen-bond acceptors (Lipinski definition) is 6. The van der Waals surface area contributed by atoms with E-state index in [2.05, 4.69) is 81.5 Å². The van der Waals surface area contributed by atoms with Crippen molar-refractivity contribution in [3.8, 4) is 0 Å². The van der Waals surface area contributed by atoms with Gasteiger partial charge in [0.05, 0.1) is 0 Å². The first kappa shape index (κ1) is 58.1. The van der Waals surface area contributed by atoms with Gasteiger partial charge in [0.25, 0.3) is 0 Å². The van der Waals surface area contributed by atoms with E-state index in [-0.39, 0.29) is 31.1 Å². The van der Waals surface area contributed by atoms with Crippen LogP contribution in [0.1, 0.15) is 252 Å². The molecule has 0 N–H and O–H groups in total. The maximum absolute atomic E-state index is 12.8. The molecule has 352 valence electrons. The van der Waals surface area contributed by atoms with Crippen LogP contribution in [0.2, 0.25) is 0 Å². The standard InChI is InChI=1S/C55H96O6/c1-4-7-10-13-16-19-22-25-27-28-29-31-33-36-39-42-45-48-54(57)60-51-52(50-59-53(56)47-44-41-38-35-32-24-21-18-15-12-9-6-3)61-55(58)49-46-43-40-37-34-30-26-23-20-17-14-11-8-5-2/h8,11,17-18,20-21,25-27,30,52H,4-7,9-10,12-16,19,22-24,28-29,31-51H2,1-3H3/b11-8-,20-17-,21-18-,27-25-,30-26-. The van der Waals surface area contributed by atoms with E-state index in [1.807, 2.05) is 0 Å². The number of hydrogen-bond donors (Lipinski definition) is 0. The topological polar surface area (TPSA) is 78.9 Å². The lowest BCUT2D eigenvalue weighted by Gasteiger charge is -2.18. The largest absolute Gasteiger partial charge is 0.462 e. The molecule has 1 atom stereocenters. The van der Waals surface area contributed by atoms with Crippen molar-refractivity contribution in [1.29, 1.82) is 0 Å². The predicted molar refractivity (Wildman–Crippen MR) is 261 cm³/mol. The summed E-state index contributed by atoms with van der Waals surface area (Å²) in [6.45, 7) is 6.47. The van der Waals surface area contributed by atoms with Crippen LogP contribution < -0.4 is 0 Å². The van der Waals surface area contributed by atoms with E-state index in [1.165, 1.54) is 116 Å². The summed E-state index contributed by atoms with van der Waals surface area (Å²) >= 11 is 0. The van der Waals surface area contributed by atoms with Gasteiger partial charge in [-0.05, 0) is 103 Å². The fourth-order valence-corrected chi connectivity index (χ4v) is 7.09. The van der Waals surface area contributed by atoms with Crippen molar-refractivity contribution in [2.24, 2.45) is 0 Å². The maximum atomic E-state index is 12.8. The monoisotopic (exact) mass is 853 g/mol. The van der Waals surface area contributed by atoms with Gasteiger partial charge in [-0.2, -0.15) is 0 Å². The van der Waals surface area contributed by atoms with Crippen molar-refractivity contribution in [1.82, 2.24) is 0 Å². The first-order chi connectivity index (χ1) is 30.0. The lowest BCUT2D eigenvalue weighted by molar-refractivity contribution is -0.167. The minimum absolute atomic E-state index is 0.0880. The molecule has 0 aliphatic rings. The molecule has 0 spiro atoms. The summed E-state index contributed by atoms with van der Waals surface area (Å²) in [6, 6.07) is 0. The highest BCUT2D eigenvalue weighted by atomic mass is 16.6. The van der Waals surface area contributed by atoms with Gasteiger partial charge < -0.3 is 14.2 Å². The van der Waals surface area contributed by atoms with Crippen LogP contribution in [0, 0.1) is 0 Å². The Labute approximate surface area is 377 Å². The van der Waals surface area contributed by atoms with E-state index >= 15 is 0 Å². The zero-order chi connectivity index (χ0) is 44.4. The van der Waals surface area contributed by atoms with Crippen LogP contribution in [0.25, 0.3) is 0 Å². The third-order valence-corrected chi connectivity index (χ3v) is 11.0. The van der Waals surface area contributed by atoms with Crippen LogP contribution in [-0.4, -0.2) is 37.2 Å². The van der Waals surface area contributed by atoms with Crippen LogP contribution in [0.4, 0.5) is 0 Å². The number of rotatable bonds is 46. The fraction of sp³-hybridized carbons (Fsp3) is 0.764. The Kier molecular flexibility index (Phi) is 47.4. The van der Waals surface area contributed by atoms with Crippen molar-refractivity contribution >= 4 is 17.9 Å². The second kappa shape index (κ2) is 49.8. The highest BCUT2D eigenvalue weighted by Crippen LogP contribution is 2.14. The summed E-state index contributed by atoms with van der Waals surface area (Å²) in [5, 5.41) is 0. The van der Waals surface area contributed by atoms with Gasteiger partial charge in [-0.3, -0.25) is 14.4 Å². The average Bonchev–Trinajstić information content (AvgIpc) is 3.26. The van der Waals surface area contributed by atoms with Crippen molar-refractivity contribution in [3.05, 3.63) is 60.8 Å². The summed E-state index contributed by atoms with van der Waals surface area (Å²) in [5.74, 6) is -0.921. The van der Waals surface area contributed by atoms with Crippen molar-refractivity contribution in [2.45, 2.75) is 258 Å². The molecule has 0 heterocycles. The minimum atomic E-state index is -0.789. The van der Waals surface area contributed by atoms with E-state index in [1.54, 1.807) is 0 Å². The Morgan fingerprint density at radius 2 is 0.639 bits per heavy atom. The Hall–Kier alpha value is -2.89. The van der Waals surface area contributed by atoms with Gasteiger partial charge in [0, 0.05) is 19.3 Å². The second-order valence-electron chi connectivity index (χ2n) is 17.0. The van der Waals surface area contributed by atoms with Gasteiger partial charge in [0.1, 0.15) is 13.2 Å². The molecular weight excluding hydrogens is 757 g/mol. The van der Waals surface area contributed by atoms with Crippen molar-refractivity contribution in [3.63, 3.8) is 0 Å². The number of unbranched alkanes of at least 4 members (excludes halogenated alkanes) is 25. The Morgan fingerprint density at radius 1 is 0.344 bits per heavy atom. The van der Waals surface area contributed by atoms with Crippen LogP contribution in [-0.2, 0) is 28.6 Å². The number of ether oxygens (including phenoxy) is 3. The Balaban J connectivity index is 4.40. The molecule has 0 aromatic carbocycles. The van der Waals surface area contributed by atoms with Crippen LogP contribution in [0.3, 0.4) is 0 Å². The molecule has 0 aliphatic heterocycles. The summed E-state index contributed by atoms with van der Waals surface area (Å²) in [6.07, 6.45) is 60.6. The molecule has 0 rings (SSSR count). The second-order valence-corrected chi connectivity index (χ2v) is 17.0. The van der Waals surface area contributed by atoms with Crippen molar-refractivity contribution in [2.75, 3.05) is 13.2 Å². The zero-order valence-electron chi connectivity index (χ0n) is 40.2. The molecule has 0 aliphatic carbocycles. The van der Waals surface area contributed by atoms with Crippen LogP contribution in [0.15, 0.2) is 60.8 Å². The third-order valence-electron chi connectivity index (χ3n) is 11.0. The molecule has 0 bridgehead atoms. The van der Waals surface area contributed by atoms with E-state index in [4.69, 9.17) is 14.2 Å². The van der Waals surface area contributed by atoms with Gasteiger partial charge in [-0.15, -0.1) is 0 Å². The van der Waals surface area contributed by atoms with Gasteiger partial charge in [0.2, 0.25) is 0 Å². The predicted octanol–water partition coefficient (Wildman–Crippen LogP) is 16.9. The highest BCUT2D eigenvalue weighted by molar-refractivity contribution is 5.71.